The number of nitrogens with zero attached hydrogens (tertiary/aromatic N) is 5. The second-order valence-corrected chi connectivity index (χ2v) is 11.5. The first-order chi connectivity index (χ1) is 20.0. The number of hydrogen-bond acceptors (Lipinski definition) is 4. The molecule has 3 aromatic carbocycles. The molecule has 6 heteroatoms. The van der Waals surface area contributed by atoms with Crippen LogP contribution in [-0.2, 0) is 5.41 Å². The molecule has 8 aromatic rings. The van der Waals surface area contributed by atoms with E-state index in [1.165, 1.54) is 5.39 Å². The molecule has 0 saturated carbocycles. The van der Waals surface area contributed by atoms with Crippen LogP contribution in [0, 0.1) is 0 Å². The van der Waals surface area contributed by atoms with Crippen LogP contribution in [0.5, 0.6) is 11.5 Å². The lowest BCUT2D eigenvalue weighted by Crippen LogP contribution is -2.13. The van der Waals surface area contributed by atoms with Gasteiger partial charge in [0, 0.05) is 57.3 Å². The Morgan fingerprint density at radius 1 is 0.610 bits per heavy atom. The van der Waals surface area contributed by atoms with E-state index in [-0.39, 0.29) is 5.41 Å². The van der Waals surface area contributed by atoms with E-state index < -0.39 is 0 Å². The van der Waals surface area contributed by atoms with Gasteiger partial charge >= 0.3 is 0 Å². The van der Waals surface area contributed by atoms with Crippen LogP contribution in [0.25, 0.3) is 55.1 Å². The van der Waals surface area contributed by atoms with Gasteiger partial charge in [0.25, 0.3) is 0 Å². The average molecular weight is 534 g/mol. The molecule has 0 fully saturated rings. The minimum atomic E-state index is -0.0445. The molecule has 41 heavy (non-hydrogen) atoms. The number of para-hydroxylation sites is 1. The van der Waals surface area contributed by atoms with Crippen molar-refractivity contribution in [3.63, 3.8) is 0 Å². The predicted molar refractivity (Wildman–Crippen MR) is 165 cm³/mol. The van der Waals surface area contributed by atoms with E-state index in [2.05, 4.69) is 95.4 Å². The van der Waals surface area contributed by atoms with Gasteiger partial charge in [-0.2, -0.15) is 0 Å². The van der Waals surface area contributed by atoms with Gasteiger partial charge in [0.05, 0.1) is 11.0 Å². The van der Waals surface area contributed by atoms with Crippen LogP contribution in [0.15, 0.2) is 110 Å². The zero-order chi connectivity index (χ0) is 27.7. The summed E-state index contributed by atoms with van der Waals surface area (Å²) in [5.74, 6) is 2.38. The number of benzene rings is 3. The SMILES string of the molecule is CC(C)(C)c1ccc2c3ccc(Oc4ccc5c6ccccc6n(-c6ccccn6)c5c4)cc3c3nccn3c2n1. The molecular formula is C35H27N5O. The van der Waals surface area contributed by atoms with Crippen molar-refractivity contribution in [2.75, 3.05) is 0 Å². The number of fused-ring (bicyclic) bond motifs is 9. The van der Waals surface area contributed by atoms with E-state index in [0.29, 0.717) is 0 Å². The minimum Gasteiger partial charge on any atom is -0.457 e. The van der Waals surface area contributed by atoms with Gasteiger partial charge < -0.3 is 4.74 Å². The first kappa shape index (κ1) is 23.6. The number of aromatic nitrogens is 5. The van der Waals surface area contributed by atoms with Crippen molar-refractivity contribution < 1.29 is 4.74 Å². The lowest BCUT2D eigenvalue weighted by atomic mass is 9.91. The quantitative estimate of drug-likeness (QED) is 0.213. The molecule has 0 bridgehead atoms. The molecule has 8 rings (SSSR count). The molecule has 0 saturated heterocycles. The third-order valence-electron chi connectivity index (χ3n) is 7.79. The molecule has 0 radical (unpaired) electrons. The van der Waals surface area contributed by atoms with E-state index in [0.717, 1.165) is 66.9 Å². The summed E-state index contributed by atoms with van der Waals surface area (Å²) in [6, 6.07) is 31.2. The number of imidazole rings is 1. The number of pyridine rings is 3. The Bertz CT molecular complexity index is 2270. The smallest absolute Gasteiger partial charge is 0.146 e. The molecule has 198 valence electrons. The van der Waals surface area contributed by atoms with Crippen LogP contribution in [0.1, 0.15) is 26.5 Å². The zero-order valence-electron chi connectivity index (χ0n) is 23.0. The Morgan fingerprint density at radius 2 is 1.37 bits per heavy atom. The minimum absolute atomic E-state index is 0.0445. The standard InChI is InChI=1S/C35H27N5O/c1-35(2,3)31-16-15-27-24-13-11-22(20-28(24)33-37-18-19-39(33)34(27)38-31)41-23-12-14-26-25-8-4-5-9-29(25)40(30(26)21-23)32-10-6-7-17-36-32/h4-21H,1-3H3. The summed E-state index contributed by atoms with van der Waals surface area (Å²) < 4.78 is 10.8. The van der Waals surface area contributed by atoms with Gasteiger partial charge in [-0.15, -0.1) is 0 Å². The summed E-state index contributed by atoms with van der Waals surface area (Å²) in [7, 11) is 0. The fourth-order valence-corrected chi connectivity index (χ4v) is 5.82. The van der Waals surface area contributed by atoms with Crippen LogP contribution in [0.3, 0.4) is 0 Å². The van der Waals surface area contributed by atoms with E-state index >= 15 is 0 Å². The average Bonchev–Trinajstić information content (AvgIpc) is 3.60. The van der Waals surface area contributed by atoms with Gasteiger partial charge in [0.2, 0.25) is 0 Å². The Labute approximate surface area is 236 Å². The van der Waals surface area contributed by atoms with Crippen LogP contribution in [0.4, 0.5) is 0 Å². The van der Waals surface area contributed by atoms with Gasteiger partial charge in [0.15, 0.2) is 0 Å². The number of hydrogen-bond donors (Lipinski definition) is 0. The molecule has 0 aliphatic rings. The normalized spacial score (nSPS) is 12.3. The lowest BCUT2D eigenvalue weighted by molar-refractivity contribution is 0.484. The van der Waals surface area contributed by atoms with Crippen LogP contribution >= 0.6 is 0 Å². The molecule has 5 heterocycles. The third-order valence-corrected chi connectivity index (χ3v) is 7.79. The molecule has 0 unspecified atom stereocenters. The van der Waals surface area contributed by atoms with Gasteiger partial charge in [-0.1, -0.05) is 45.0 Å². The molecular weight excluding hydrogens is 506 g/mol. The van der Waals surface area contributed by atoms with Gasteiger partial charge in [-0.3, -0.25) is 8.97 Å². The summed E-state index contributed by atoms with van der Waals surface area (Å²) >= 11 is 0. The summed E-state index contributed by atoms with van der Waals surface area (Å²) in [5.41, 5.74) is 4.95. The zero-order valence-corrected chi connectivity index (χ0v) is 23.0. The van der Waals surface area contributed by atoms with Gasteiger partial charge in [-0.05, 0) is 66.0 Å². The van der Waals surface area contributed by atoms with E-state index in [1.807, 2.05) is 48.9 Å². The Hall–Kier alpha value is -5.23. The van der Waals surface area contributed by atoms with Crippen molar-refractivity contribution in [1.82, 2.24) is 23.9 Å². The maximum atomic E-state index is 6.50. The van der Waals surface area contributed by atoms with Crippen molar-refractivity contribution in [3.05, 3.63) is 115 Å². The highest BCUT2D eigenvalue weighted by atomic mass is 16.5. The van der Waals surface area contributed by atoms with E-state index in [9.17, 15) is 0 Å². The summed E-state index contributed by atoms with van der Waals surface area (Å²) in [5, 5.41) is 5.55. The lowest BCUT2D eigenvalue weighted by Gasteiger charge is -2.19. The van der Waals surface area contributed by atoms with Crippen molar-refractivity contribution in [2.45, 2.75) is 26.2 Å². The van der Waals surface area contributed by atoms with Gasteiger partial charge in [0.1, 0.15) is 28.6 Å². The molecule has 0 atom stereocenters. The fourth-order valence-electron chi connectivity index (χ4n) is 5.82. The fraction of sp³-hybridized carbons (Fsp3) is 0.114. The van der Waals surface area contributed by atoms with Gasteiger partial charge in [-0.25, -0.2) is 15.0 Å². The molecule has 0 aliphatic heterocycles. The van der Waals surface area contributed by atoms with Crippen molar-refractivity contribution in [3.8, 4) is 17.3 Å². The van der Waals surface area contributed by atoms with E-state index in [1.54, 1.807) is 0 Å². The van der Waals surface area contributed by atoms with Crippen LogP contribution in [0.2, 0.25) is 0 Å². The van der Waals surface area contributed by atoms with Crippen molar-refractivity contribution >= 4 is 49.3 Å². The Balaban J connectivity index is 1.27. The summed E-state index contributed by atoms with van der Waals surface area (Å²) in [6.45, 7) is 6.55. The molecule has 6 nitrogen and oxygen atoms in total. The molecule has 0 aliphatic carbocycles. The number of ether oxygens (including phenoxy) is 1. The maximum Gasteiger partial charge on any atom is 0.146 e. The highest BCUT2D eigenvalue weighted by Gasteiger charge is 2.19. The summed E-state index contributed by atoms with van der Waals surface area (Å²) in [4.78, 5) is 14.4. The topological polar surface area (TPSA) is 57.2 Å². The summed E-state index contributed by atoms with van der Waals surface area (Å²) in [6.07, 6.45) is 5.64. The van der Waals surface area contributed by atoms with Crippen molar-refractivity contribution in [2.24, 2.45) is 0 Å². The molecule has 5 aromatic heterocycles. The van der Waals surface area contributed by atoms with E-state index in [4.69, 9.17) is 14.7 Å². The maximum absolute atomic E-state index is 6.50. The molecule has 0 spiro atoms. The third kappa shape index (κ3) is 3.68. The highest BCUT2D eigenvalue weighted by Crippen LogP contribution is 2.37. The molecule has 0 amide bonds. The second-order valence-electron chi connectivity index (χ2n) is 11.5. The highest BCUT2D eigenvalue weighted by molar-refractivity contribution is 6.11. The van der Waals surface area contributed by atoms with Crippen LogP contribution in [-0.4, -0.2) is 23.9 Å². The van der Waals surface area contributed by atoms with Crippen molar-refractivity contribution in [1.29, 1.82) is 0 Å². The molecule has 0 N–H and O–H groups in total. The Morgan fingerprint density at radius 3 is 2.20 bits per heavy atom. The first-order valence-electron chi connectivity index (χ1n) is 13.8. The monoisotopic (exact) mass is 533 g/mol. The number of rotatable bonds is 3. The first-order valence-corrected chi connectivity index (χ1v) is 13.8. The Kier molecular flexibility index (Phi) is 4.98. The predicted octanol–water partition coefficient (Wildman–Crippen LogP) is 8.62. The van der Waals surface area contributed by atoms with Crippen LogP contribution < -0.4 is 4.74 Å². The largest absolute Gasteiger partial charge is 0.457 e. The second kappa shape index (κ2) is 8.63.